The second-order valence-electron chi connectivity index (χ2n) is 20.3. The van der Waals surface area contributed by atoms with Crippen molar-refractivity contribution in [1.29, 1.82) is 0 Å². The number of aliphatic hydroxyl groups is 1. The lowest BCUT2D eigenvalue weighted by Gasteiger charge is -2.29. The lowest BCUT2D eigenvalue weighted by molar-refractivity contribution is -0.144. The first-order valence-corrected chi connectivity index (χ1v) is 26.4. The van der Waals surface area contributed by atoms with Gasteiger partial charge in [0.2, 0.25) is 47.3 Å². The normalized spacial score (nSPS) is 14.8. The van der Waals surface area contributed by atoms with E-state index in [0.29, 0.717) is 36.1 Å². The molecule has 27 heteroatoms. The summed E-state index contributed by atoms with van der Waals surface area (Å²) in [7, 11) is 0. The Labute approximate surface area is 473 Å². The lowest BCUT2D eigenvalue weighted by Crippen LogP contribution is -2.62. The van der Waals surface area contributed by atoms with E-state index in [9.17, 15) is 83.4 Å². The Morgan fingerprint density at radius 3 is 1.17 bits per heavy atom. The minimum absolute atomic E-state index is 0.105. The average molecular weight is 1150 g/mol. The maximum Gasteiger partial charge on any atom is 0.326 e. The van der Waals surface area contributed by atoms with E-state index in [1.165, 1.54) is 48.5 Å². The van der Waals surface area contributed by atoms with Gasteiger partial charge < -0.3 is 84.6 Å². The Kier molecular flexibility index (Phi) is 27.3. The largest absolute Gasteiger partial charge is 0.508 e. The number of hydrogen-bond donors (Lipinski definition) is 16. The summed E-state index contributed by atoms with van der Waals surface area (Å²) in [6.07, 6.45) is -3.63. The van der Waals surface area contributed by atoms with Crippen molar-refractivity contribution in [2.75, 3.05) is 6.54 Å². The fraction of sp³-hybridized carbons (Fsp3) is 0.473. The molecule has 10 atom stereocenters. The number of aliphatic carboxylic acids is 3. The number of carboxylic acids is 3. The van der Waals surface area contributed by atoms with Crippen molar-refractivity contribution in [3.63, 3.8) is 0 Å². The first-order valence-electron chi connectivity index (χ1n) is 26.4. The molecule has 0 aromatic heterocycles. The van der Waals surface area contributed by atoms with Gasteiger partial charge >= 0.3 is 17.9 Å². The van der Waals surface area contributed by atoms with E-state index in [4.69, 9.17) is 11.5 Å². The van der Waals surface area contributed by atoms with Crippen molar-refractivity contribution in [3.8, 4) is 11.5 Å². The number of rotatable bonds is 34. The molecule has 0 saturated heterocycles. The van der Waals surface area contributed by atoms with Crippen LogP contribution in [0, 0.1) is 11.8 Å². The summed E-state index contributed by atoms with van der Waals surface area (Å²) in [5, 5.41) is 79.2. The third-order valence-corrected chi connectivity index (χ3v) is 12.8. The van der Waals surface area contributed by atoms with Crippen LogP contribution in [0.15, 0.2) is 78.9 Å². The second-order valence-corrected chi connectivity index (χ2v) is 20.3. The fourth-order valence-electron chi connectivity index (χ4n) is 8.18. The summed E-state index contributed by atoms with van der Waals surface area (Å²) in [6.45, 7) is 7.61. The van der Waals surface area contributed by atoms with Gasteiger partial charge in [0.05, 0.1) is 25.0 Å². The highest BCUT2D eigenvalue weighted by molar-refractivity contribution is 6.00. The van der Waals surface area contributed by atoms with Gasteiger partial charge in [0.25, 0.3) is 0 Å². The number of phenols is 2. The molecule has 0 aliphatic heterocycles. The molecule has 3 aromatic carbocycles. The summed E-state index contributed by atoms with van der Waals surface area (Å²) in [5.41, 5.74) is 12.7. The van der Waals surface area contributed by atoms with Crippen molar-refractivity contribution < 1.29 is 83.4 Å². The van der Waals surface area contributed by atoms with Crippen LogP contribution >= 0.6 is 0 Å². The lowest BCUT2D eigenvalue weighted by atomic mass is 9.99. The van der Waals surface area contributed by atoms with Crippen LogP contribution in [-0.2, 0) is 72.0 Å². The molecule has 82 heavy (non-hydrogen) atoms. The van der Waals surface area contributed by atoms with E-state index in [-0.39, 0.29) is 37.2 Å². The van der Waals surface area contributed by atoms with Gasteiger partial charge in [-0.15, -0.1) is 0 Å². The monoisotopic (exact) mass is 1150 g/mol. The molecule has 0 radical (unpaired) electrons. The van der Waals surface area contributed by atoms with E-state index >= 15 is 0 Å². The molecule has 0 spiro atoms. The second kappa shape index (κ2) is 33.2. The minimum atomic E-state index is -2.11. The van der Waals surface area contributed by atoms with Gasteiger partial charge in [-0.05, 0) is 79.1 Å². The quantitative estimate of drug-likeness (QED) is 0.0293. The van der Waals surface area contributed by atoms with Crippen LogP contribution < -0.4 is 54.0 Å². The Balaban J connectivity index is 1.97. The number of carboxylic acid groups (broad SMARTS) is 3. The van der Waals surface area contributed by atoms with Gasteiger partial charge in [0.1, 0.15) is 59.8 Å². The molecule has 27 nitrogen and oxygen atoms in total. The van der Waals surface area contributed by atoms with Crippen molar-refractivity contribution in [3.05, 3.63) is 95.6 Å². The van der Waals surface area contributed by atoms with E-state index in [1.54, 1.807) is 58.0 Å². The highest BCUT2D eigenvalue weighted by Gasteiger charge is 2.38. The van der Waals surface area contributed by atoms with Crippen LogP contribution in [0.1, 0.15) is 83.4 Å². The topological polar surface area (TPSA) is 457 Å². The maximum absolute atomic E-state index is 14.6. The molecular weight excluding hydrogens is 1070 g/mol. The molecule has 8 amide bonds. The number of amides is 8. The Morgan fingerprint density at radius 1 is 0.427 bits per heavy atom. The van der Waals surface area contributed by atoms with Gasteiger partial charge in [0.15, 0.2) is 0 Å². The van der Waals surface area contributed by atoms with Crippen LogP contribution in [0.25, 0.3) is 0 Å². The molecule has 0 aliphatic carbocycles. The number of benzene rings is 3. The number of carbonyl (C=O) groups is 11. The maximum atomic E-state index is 14.6. The van der Waals surface area contributed by atoms with Gasteiger partial charge in [-0.25, -0.2) is 4.79 Å². The van der Waals surface area contributed by atoms with E-state index < -0.39 is 150 Å². The first-order chi connectivity index (χ1) is 38.6. The third-order valence-electron chi connectivity index (χ3n) is 12.8. The SMILES string of the molecule is CC(C)[C@H](NC(=O)[C@H](Cc1ccc(O)cc1)NC(=O)[C@H](Cc1ccc(O)cc1)NC(=O)[C@H](Cc1ccccc1)NC(=O)[C@@H](NC(=O)[C@H](CC(=O)O)NC(=O)[C@H](CC(=O)O)NC(=O)[C@@H](NC(=O)[C@@H](N)CCCCN)C(C)C)[C@@H](C)O)C(=O)O. The third kappa shape index (κ3) is 22.8. The zero-order valence-corrected chi connectivity index (χ0v) is 46.1. The van der Waals surface area contributed by atoms with Gasteiger partial charge in [-0.1, -0.05) is 88.7 Å². The molecule has 3 aromatic rings. The summed E-state index contributed by atoms with van der Waals surface area (Å²) < 4.78 is 0. The molecule has 18 N–H and O–H groups in total. The van der Waals surface area contributed by atoms with Crippen molar-refractivity contribution in [2.45, 2.75) is 146 Å². The molecule has 0 saturated carbocycles. The number of carbonyl (C=O) groups excluding carboxylic acids is 8. The fourth-order valence-corrected chi connectivity index (χ4v) is 8.18. The standard InChI is InChI=1S/C55H76N10O17/c1-28(2)44(63-47(73)36(57)13-9-10-22-56)53(79)62-40(26-42(69)70)50(76)60-41(27-43(71)72)52(78)65-46(30(5)66)54(80)61-38(23-31-11-7-6-8-12-31)49(75)58-37(24-32-14-18-34(67)19-15-32)48(74)59-39(25-33-16-20-35(68)21-17-33)51(77)64-45(29(3)4)55(81)82/h6-8,11-12,14-21,28-30,36-41,44-46,66-68H,9-10,13,22-27,56-57H2,1-5H3,(H,58,75)(H,59,74)(H,60,76)(H,61,80)(H,62,79)(H,63,73)(H,64,77)(H,65,78)(H,69,70)(H,71,72)(H,81,82)/t30-,36+,37+,38+,39+,40+,41+,44+,45+,46+/m1/s1. The zero-order valence-electron chi connectivity index (χ0n) is 46.1. The smallest absolute Gasteiger partial charge is 0.326 e. The predicted octanol–water partition coefficient (Wildman–Crippen LogP) is -1.81. The van der Waals surface area contributed by atoms with Gasteiger partial charge in [-0.2, -0.15) is 0 Å². The summed E-state index contributed by atoms with van der Waals surface area (Å²) in [5.74, 6) is -14.8. The number of aliphatic hydroxyl groups excluding tert-OH is 1. The molecule has 0 fully saturated rings. The molecular formula is C55H76N10O17. The van der Waals surface area contributed by atoms with E-state index in [2.05, 4.69) is 42.5 Å². The number of hydrogen-bond acceptors (Lipinski definition) is 16. The van der Waals surface area contributed by atoms with Crippen molar-refractivity contribution in [1.82, 2.24) is 42.5 Å². The van der Waals surface area contributed by atoms with Crippen LogP contribution in [0.4, 0.5) is 0 Å². The van der Waals surface area contributed by atoms with Crippen LogP contribution in [0.3, 0.4) is 0 Å². The molecule has 0 heterocycles. The Morgan fingerprint density at radius 2 is 0.768 bits per heavy atom. The Bertz CT molecular complexity index is 2670. The van der Waals surface area contributed by atoms with Crippen molar-refractivity contribution in [2.24, 2.45) is 23.3 Å². The molecule has 0 unspecified atom stereocenters. The molecule has 0 aliphatic rings. The molecule has 3 rings (SSSR count). The van der Waals surface area contributed by atoms with Crippen LogP contribution in [0.5, 0.6) is 11.5 Å². The Hall–Kier alpha value is -8.69. The van der Waals surface area contributed by atoms with Crippen molar-refractivity contribution >= 4 is 65.2 Å². The molecule has 448 valence electrons. The summed E-state index contributed by atoms with van der Waals surface area (Å²) in [6, 6.07) is 4.57. The zero-order chi connectivity index (χ0) is 61.4. The summed E-state index contributed by atoms with van der Waals surface area (Å²) in [4.78, 5) is 147. The van der Waals surface area contributed by atoms with E-state index in [1.807, 2.05) is 0 Å². The average Bonchev–Trinajstić information content (AvgIpc) is 3.41. The van der Waals surface area contributed by atoms with Crippen LogP contribution in [-0.4, -0.2) is 163 Å². The minimum Gasteiger partial charge on any atom is -0.508 e. The van der Waals surface area contributed by atoms with E-state index in [0.717, 1.165) is 6.92 Å². The number of nitrogens with one attached hydrogen (secondary N) is 8. The van der Waals surface area contributed by atoms with Gasteiger partial charge in [-0.3, -0.25) is 47.9 Å². The van der Waals surface area contributed by atoms with Gasteiger partial charge in [0, 0.05) is 19.3 Å². The van der Waals surface area contributed by atoms with Crippen LogP contribution in [0.2, 0.25) is 0 Å². The highest BCUT2D eigenvalue weighted by atomic mass is 16.4. The number of nitrogens with two attached hydrogens (primary N) is 2. The number of unbranched alkanes of at least 4 members (excludes halogenated alkanes) is 1. The summed E-state index contributed by atoms with van der Waals surface area (Å²) >= 11 is 0. The predicted molar refractivity (Wildman–Crippen MR) is 294 cm³/mol. The molecule has 0 bridgehead atoms. The number of aromatic hydroxyl groups is 2. The highest BCUT2D eigenvalue weighted by Crippen LogP contribution is 2.16. The number of phenolic OH excluding ortho intramolecular Hbond substituents is 2. The first kappa shape index (κ1) is 67.6.